The third kappa shape index (κ3) is 6.29. The van der Waals surface area contributed by atoms with Crippen molar-refractivity contribution in [2.45, 2.75) is 36.8 Å². The fraction of sp³-hybridized carbons (Fsp3) is 0.278. The van der Waals surface area contributed by atoms with Crippen molar-refractivity contribution in [3.8, 4) is 22.8 Å². The summed E-state index contributed by atoms with van der Waals surface area (Å²) in [5.74, 6) is -2.86. The second-order valence-electron chi connectivity index (χ2n) is 12.5. The maximum atomic E-state index is 15.4. The van der Waals surface area contributed by atoms with E-state index in [1.165, 1.54) is 45.4 Å². The van der Waals surface area contributed by atoms with Gasteiger partial charge in [0.05, 0.1) is 31.5 Å². The van der Waals surface area contributed by atoms with Gasteiger partial charge in [-0.1, -0.05) is 23.7 Å². The van der Waals surface area contributed by atoms with E-state index in [1.807, 2.05) is 0 Å². The summed E-state index contributed by atoms with van der Waals surface area (Å²) in [6, 6.07) is 9.74. The first-order valence-electron chi connectivity index (χ1n) is 15.6. The molecule has 3 aromatic rings. The molecule has 1 fully saturated rings. The number of nitrogens with two attached hydrogens (primary N) is 1. The number of nitrogens with zero attached hydrogens (tertiary/aromatic N) is 1. The molecule has 0 radical (unpaired) electrons. The highest BCUT2D eigenvalue weighted by Crippen LogP contribution is 2.47. The number of hydrogen-bond donors (Lipinski definition) is 5. The Hall–Kier alpha value is -5.27. The molecular weight excluding hydrogens is 672 g/mol. The minimum absolute atomic E-state index is 0.000169. The number of primary amides is 1. The zero-order valence-electron chi connectivity index (χ0n) is 27.3. The number of nitrogens with one attached hydrogen (secondary N) is 3. The number of halogens is 3. The van der Waals surface area contributed by atoms with Crippen LogP contribution in [0.15, 0.2) is 77.7 Å². The summed E-state index contributed by atoms with van der Waals surface area (Å²) in [4.78, 5) is 31.2. The number of ether oxygens (including phenoxy) is 3. The minimum atomic E-state index is -2.16. The van der Waals surface area contributed by atoms with Crippen LogP contribution in [0.1, 0.15) is 36.6 Å². The first-order valence-corrected chi connectivity index (χ1v) is 16.0. The van der Waals surface area contributed by atoms with Crippen molar-refractivity contribution in [1.82, 2.24) is 15.6 Å². The SMILES string of the molecule is COC1=CC(C(=O)NC[C@@](O)(c2cccc(OC)c2)c2cc3c(c(-c4cc(Cl)c(F)cc4F)n2)OC[C@]3(C)C(N)=O)=C/C(=C/NC2CC2)C1=N. The van der Waals surface area contributed by atoms with Crippen LogP contribution in [0.5, 0.6) is 11.5 Å². The first-order chi connectivity index (χ1) is 23.8. The molecule has 2 atom stereocenters. The molecule has 1 aliphatic heterocycles. The lowest BCUT2D eigenvalue weighted by Gasteiger charge is -2.31. The van der Waals surface area contributed by atoms with E-state index in [0.29, 0.717) is 23.4 Å². The lowest BCUT2D eigenvalue weighted by Crippen LogP contribution is -2.43. The Morgan fingerprint density at radius 3 is 2.62 bits per heavy atom. The van der Waals surface area contributed by atoms with E-state index in [0.717, 1.165) is 18.9 Å². The smallest absolute Gasteiger partial charge is 0.251 e. The van der Waals surface area contributed by atoms with Gasteiger partial charge in [-0.15, -0.1) is 0 Å². The van der Waals surface area contributed by atoms with Gasteiger partial charge in [-0.05, 0) is 61.7 Å². The van der Waals surface area contributed by atoms with Gasteiger partial charge in [-0.2, -0.15) is 0 Å². The van der Waals surface area contributed by atoms with Crippen LogP contribution in [0.2, 0.25) is 5.02 Å². The molecule has 2 aromatic carbocycles. The Morgan fingerprint density at radius 1 is 1.18 bits per heavy atom. The lowest BCUT2D eigenvalue weighted by atomic mass is 9.80. The van der Waals surface area contributed by atoms with E-state index in [2.05, 4.69) is 15.6 Å². The molecule has 3 aliphatic rings. The highest BCUT2D eigenvalue weighted by molar-refractivity contribution is 6.31. The average Bonchev–Trinajstić information content (AvgIpc) is 3.88. The Labute approximate surface area is 291 Å². The third-order valence-corrected chi connectivity index (χ3v) is 9.31. The zero-order valence-corrected chi connectivity index (χ0v) is 28.1. The molecule has 2 heterocycles. The standard InChI is InChI=1S/C36H34ClF2N5O6/c1-35(34(41)46)17-50-32-24(35)13-29(44-31(32)23-12-25(37)27(39)14-26(23)38)36(47,20-5-4-6-22(11-20)48-2)16-43-33(45)18-9-19(15-42-21-7-8-21)30(40)28(10-18)49-3/h4-6,9-15,21,40,42,47H,7-8,16-17H2,1-3H3,(H2,41,46)(H,43,45)/b19-15-,40-30?/t35-,36+/m0/s1. The van der Waals surface area contributed by atoms with Crippen LogP contribution in [0, 0.1) is 17.0 Å². The van der Waals surface area contributed by atoms with Crippen molar-refractivity contribution in [1.29, 1.82) is 5.41 Å². The molecule has 1 saturated carbocycles. The molecule has 260 valence electrons. The number of fused-ring (bicyclic) bond motifs is 1. The summed E-state index contributed by atoms with van der Waals surface area (Å²) in [5, 5.41) is 26.7. The van der Waals surface area contributed by atoms with Gasteiger partial charge < -0.3 is 35.7 Å². The molecule has 6 rings (SSSR count). The Kier molecular flexibility index (Phi) is 9.14. The molecule has 2 aliphatic carbocycles. The second-order valence-corrected chi connectivity index (χ2v) is 12.9. The number of carbonyl (C=O) groups is 2. The van der Waals surface area contributed by atoms with Crippen LogP contribution in [0.25, 0.3) is 11.3 Å². The number of rotatable bonds is 11. The van der Waals surface area contributed by atoms with Gasteiger partial charge >= 0.3 is 0 Å². The molecule has 2 amide bonds. The first kappa shape index (κ1) is 34.6. The molecule has 0 unspecified atom stereocenters. The Balaban J connectivity index is 1.48. The minimum Gasteiger partial charge on any atom is -0.497 e. The van der Waals surface area contributed by atoms with Gasteiger partial charge in [-0.3, -0.25) is 15.0 Å². The number of benzene rings is 2. The number of amides is 2. The summed E-state index contributed by atoms with van der Waals surface area (Å²) in [6.45, 7) is 0.823. The van der Waals surface area contributed by atoms with Crippen molar-refractivity contribution >= 4 is 29.1 Å². The number of methoxy groups -OCH3 is 2. The van der Waals surface area contributed by atoms with Crippen molar-refractivity contribution in [2.24, 2.45) is 5.73 Å². The van der Waals surface area contributed by atoms with Crippen molar-refractivity contribution < 1.29 is 37.7 Å². The molecular formula is C36H34ClF2N5O6. The van der Waals surface area contributed by atoms with E-state index in [-0.39, 0.29) is 57.5 Å². The van der Waals surface area contributed by atoms with Gasteiger partial charge in [0.25, 0.3) is 5.91 Å². The van der Waals surface area contributed by atoms with E-state index in [1.54, 1.807) is 24.4 Å². The highest BCUT2D eigenvalue weighted by atomic mass is 35.5. The fourth-order valence-electron chi connectivity index (χ4n) is 5.72. The maximum absolute atomic E-state index is 15.4. The van der Waals surface area contributed by atoms with Crippen LogP contribution >= 0.6 is 11.6 Å². The fourth-order valence-corrected chi connectivity index (χ4v) is 5.88. The molecule has 1 aromatic heterocycles. The summed E-state index contributed by atoms with van der Waals surface area (Å²) in [6.07, 6.45) is 6.63. The van der Waals surface area contributed by atoms with Crippen LogP contribution in [0.4, 0.5) is 8.78 Å². The summed E-state index contributed by atoms with van der Waals surface area (Å²) >= 11 is 6.05. The van der Waals surface area contributed by atoms with E-state index >= 15 is 4.39 Å². The van der Waals surface area contributed by atoms with E-state index in [4.69, 9.17) is 37.0 Å². The van der Waals surface area contributed by atoms with Crippen LogP contribution in [0.3, 0.4) is 0 Å². The van der Waals surface area contributed by atoms with E-state index < -0.39 is 46.0 Å². The number of allylic oxidation sites excluding steroid dienone is 2. The summed E-state index contributed by atoms with van der Waals surface area (Å²) in [7, 11) is 2.84. The monoisotopic (exact) mass is 705 g/mol. The molecule has 14 heteroatoms. The van der Waals surface area contributed by atoms with Gasteiger partial charge in [0, 0.05) is 40.6 Å². The topological polar surface area (TPSA) is 169 Å². The Morgan fingerprint density at radius 2 is 1.94 bits per heavy atom. The van der Waals surface area contributed by atoms with Gasteiger partial charge in [0.15, 0.2) is 0 Å². The molecule has 0 spiro atoms. The van der Waals surface area contributed by atoms with Crippen LogP contribution in [-0.2, 0) is 25.3 Å². The zero-order chi connectivity index (χ0) is 36.0. The summed E-state index contributed by atoms with van der Waals surface area (Å²) < 4.78 is 46.3. The maximum Gasteiger partial charge on any atom is 0.251 e. The van der Waals surface area contributed by atoms with Crippen molar-refractivity contribution in [3.05, 3.63) is 111 Å². The van der Waals surface area contributed by atoms with Gasteiger partial charge in [0.1, 0.15) is 57.9 Å². The second kappa shape index (κ2) is 13.2. The van der Waals surface area contributed by atoms with Crippen LogP contribution < -0.4 is 25.8 Å². The molecule has 0 saturated heterocycles. The summed E-state index contributed by atoms with van der Waals surface area (Å²) in [5.41, 5.74) is 2.75. The Bertz CT molecular complexity index is 2030. The highest BCUT2D eigenvalue weighted by Gasteiger charge is 2.46. The number of aromatic nitrogens is 1. The number of pyridine rings is 1. The van der Waals surface area contributed by atoms with Gasteiger partial charge in [0.2, 0.25) is 5.91 Å². The quantitative estimate of drug-likeness (QED) is 0.184. The predicted molar refractivity (Wildman–Crippen MR) is 181 cm³/mol. The number of carbonyl (C=O) groups excluding carboxylic acids is 2. The normalized spacial score (nSPS) is 20.2. The molecule has 11 nitrogen and oxygen atoms in total. The van der Waals surface area contributed by atoms with Crippen molar-refractivity contribution in [2.75, 3.05) is 27.4 Å². The van der Waals surface area contributed by atoms with Crippen LogP contribution in [-0.4, -0.2) is 61.0 Å². The average molecular weight is 706 g/mol. The molecule has 50 heavy (non-hydrogen) atoms. The third-order valence-electron chi connectivity index (χ3n) is 9.02. The number of aliphatic hydroxyl groups is 1. The number of hydrogen-bond acceptors (Lipinski definition) is 9. The van der Waals surface area contributed by atoms with E-state index in [9.17, 15) is 19.1 Å². The molecule has 6 N–H and O–H groups in total. The van der Waals surface area contributed by atoms with Gasteiger partial charge in [-0.25, -0.2) is 13.8 Å². The van der Waals surface area contributed by atoms with Crippen molar-refractivity contribution in [3.63, 3.8) is 0 Å². The molecule has 0 bridgehead atoms. The lowest BCUT2D eigenvalue weighted by molar-refractivity contribution is -0.123. The largest absolute Gasteiger partial charge is 0.497 e. The predicted octanol–water partition coefficient (Wildman–Crippen LogP) is 4.30.